The molecule has 1 aliphatic heterocycles. The molecule has 0 saturated heterocycles. The fourth-order valence-electron chi connectivity index (χ4n) is 4.51. The lowest BCUT2D eigenvalue weighted by atomic mass is 9.72. The van der Waals surface area contributed by atoms with Gasteiger partial charge in [0.2, 0.25) is 5.43 Å². The summed E-state index contributed by atoms with van der Waals surface area (Å²) in [6.45, 7) is 2.47. The summed E-state index contributed by atoms with van der Waals surface area (Å²) in [5.41, 5.74) is -2.10. The summed E-state index contributed by atoms with van der Waals surface area (Å²) in [4.78, 5) is 39.6. The third kappa shape index (κ3) is 4.20. The molecule has 0 bridgehead atoms. The Bertz CT molecular complexity index is 1160. The van der Waals surface area contributed by atoms with Gasteiger partial charge in [-0.05, 0) is 25.8 Å². The zero-order chi connectivity index (χ0) is 23.2. The zero-order valence-corrected chi connectivity index (χ0v) is 18.9. The Hall–Kier alpha value is -2.98. The predicted molar refractivity (Wildman–Crippen MR) is 117 cm³/mol. The van der Waals surface area contributed by atoms with Crippen LogP contribution in [-0.2, 0) is 16.8 Å². The van der Waals surface area contributed by atoms with E-state index < -0.39 is 40.2 Å². The molecule has 2 aliphatic rings. The minimum absolute atomic E-state index is 0. The van der Waals surface area contributed by atoms with Crippen LogP contribution in [0, 0.1) is 11.6 Å². The number of nitrogens with zero attached hydrogens (tertiary/aromatic N) is 2. The molecule has 2 amide bonds. The van der Waals surface area contributed by atoms with Gasteiger partial charge in [-0.3, -0.25) is 14.4 Å². The number of fused-ring (bicyclic) bond motifs is 2. The molecule has 8 nitrogen and oxygen atoms in total. The number of nitrogens with one attached hydrogen (secondary N) is 1. The van der Waals surface area contributed by atoms with E-state index in [1.165, 1.54) is 21.7 Å². The Morgan fingerprint density at radius 2 is 2.00 bits per heavy atom. The van der Waals surface area contributed by atoms with Crippen LogP contribution in [0.2, 0.25) is 0 Å². The molecule has 1 aliphatic carbocycles. The highest BCUT2D eigenvalue weighted by atomic mass is 35.5. The molecule has 1 saturated carbocycles. The van der Waals surface area contributed by atoms with Gasteiger partial charge in [-0.25, -0.2) is 8.78 Å². The number of carbonyl (C=O) groups excluding carboxylic acids is 2. The number of pyridine rings is 1. The lowest BCUT2D eigenvalue weighted by Crippen LogP contribution is -2.61. The van der Waals surface area contributed by atoms with Crippen molar-refractivity contribution in [2.75, 3.05) is 20.2 Å². The van der Waals surface area contributed by atoms with Crippen molar-refractivity contribution < 1.29 is 28.2 Å². The fourth-order valence-corrected chi connectivity index (χ4v) is 4.51. The van der Waals surface area contributed by atoms with Gasteiger partial charge in [-0.15, -0.1) is 12.4 Å². The summed E-state index contributed by atoms with van der Waals surface area (Å²) < 4.78 is 34.1. The van der Waals surface area contributed by atoms with Gasteiger partial charge in [-0.1, -0.05) is 6.07 Å². The lowest BCUT2D eigenvalue weighted by molar-refractivity contribution is -0.0825. The number of halogens is 3. The maximum Gasteiger partial charge on any atom is 0.274 e. The first-order valence-corrected chi connectivity index (χ1v) is 10.2. The van der Waals surface area contributed by atoms with E-state index in [9.17, 15) is 28.3 Å². The van der Waals surface area contributed by atoms with E-state index in [4.69, 9.17) is 4.74 Å². The van der Waals surface area contributed by atoms with Crippen LogP contribution in [0.4, 0.5) is 8.78 Å². The molecule has 33 heavy (non-hydrogen) atoms. The van der Waals surface area contributed by atoms with Gasteiger partial charge in [0.05, 0.1) is 11.6 Å². The average molecular weight is 484 g/mol. The van der Waals surface area contributed by atoms with Gasteiger partial charge in [-0.2, -0.15) is 0 Å². The van der Waals surface area contributed by atoms with E-state index in [1.807, 2.05) is 6.92 Å². The first kappa shape index (κ1) is 24.7. The van der Waals surface area contributed by atoms with Gasteiger partial charge in [0.1, 0.15) is 17.2 Å². The van der Waals surface area contributed by atoms with Gasteiger partial charge >= 0.3 is 0 Å². The molecule has 0 radical (unpaired) electrons. The van der Waals surface area contributed by atoms with Crippen molar-refractivity contribution in [1.82, 2.24) is 14.8 Å². The normalized spacial score (nSPS) is 21.3. The van der Waals surface area contributed by atoms with Crippen LogP contribution in [-0.4, -0.2) is 52.7 Å². The monoisotopic (exact) mass is 483 g/mol. The van der Waals surface area contributed by atoms with Gasteiger partial charge < -0.3 is 24.6 Å². The van der Waals surface area contributed by atoms with Crippen molar-refractivity contribution in [3.05, 3.63) is 63.1 Å². The van der Waals surface area contributed by atoms with Gasteiger partial charge in [0.25, 0.3) is 11.8 Å². The first-order chi connectivity index (χ1) is 15.2. The zero-order valence-electron chi connectivity index (χ0n) is 18.1. The quantitative estimate of drug-likeness (QED) is 0.679. The van der Waals surface area contributed by atoms with Crippen molar-refractivity contribution in [3.8, 4) is 5.75 Å². The van der Waals surface area contributed by atoms with Gasteiger partial charge in [0.15, 0.2) is 11.4 Å². The number of likely N-dealkylation sites (N-methyl/N-ethyl adjacent to an activating group) is 1. The van der Waals surface area contributed by atoms with Crippen molar-refractivity contribution in [3.63, 3.8) is 0 Å². The van der Waals surface area contributed by atoms with E-state index in [-0.39, 0.29) is 41.9 Å². The number of hydrogen-bond donors (Lipinski definition) is 2. The SMILES string of the molecule is CCO[C@H]1C[C@@]2(CN(C)C(=O)c3c(O)c(=O)c(C(=O)NCc4ccc(F)cc4F)cn32)C1.Cl. The standard InChI is InChI=1S/C22H23F2N3O5.ClH/c1-3-32-14-7-22(8-14)11-26(2)21(31)17-19(29)18(28)15(10-27(17)22)20(30)25-9-12-4-5-13(23)6-16(12)24;/h4-6,10,14,29H,3,7-9,11H2,1-2H3,(H,25,30);1H/t14-,22-;. The molecule has 0 atom stereocenters. The molecule has 0 unspecified atom stereocenters. The fraction of sp³-hybridized carbons (Fsp3) is 0.409. The van der Waals surface area contributed by atoms with Crippen LogP contribution < -0.4 is 10.7 Å². The molecule has 2 aromatic rings. The molecule has 4 rings (SSSR count). The number of ether oxygens (including phenoxy) is 1. The molecule has 2 N–H and O–H groups in total. The Kier molecular flexibility index (Phi) is 6.80. The molecule has 178 valence electrons. The molecule has 2 heterocycles. The van der Waals surface area contributed by atoms with Crippen LogP contribution in [0.25, 0.3) is 0 Å². The van der Waals surface area contributed by atoms with Gasteiger partial charge in [0, 0.05) is 44.6 Å². The largest absolute Gasteiger partial charge is 0.503 e. The molecule has 11 heteroatoms. The highest BCUT2D eigenvalue weighted by molar-refractivity contribution is 5.99. The Balaban J connectivity index is 0.00000306. The molecule has 1 aromatic heterocycles. The molecular formula is C22H24ClF2N3O5. The van der Waals surface area contributed by atoms with Crippen molar-refractivity contribution in [2.45, 2.75) is 38.0 Å². The van der Waals surface area contributed by atoms with Crippen molar-refractivity contribution in [2.24, 2.45) is 0 Å². The maximum absolute atomic E-state index is 13.9. The number of benzene rings is 1. The third-order valence-corrected chi connectivity index (χ3v) is 6.09. The average Bonchev–Trinajstić information content (AvgIpc) is 2.71. The summed E-state index contributed by atoms with van der Waals surface area (Å²) >= 11 is 0. The second-order valence-electron chi connectivity index (χ2n) is 8.23. The summed E-state index contributed by atoms with van der Waals surface area (Å²) in [5.74, 6) is -3.75. The molecule has 1 aromatic carbocycles. The van der Waals surface area contributed by atoms with Crippen LogP contribution in [0.15, 0.2) is 29.2 Å². The predicted octanol–water partition coefficient (Wildman–Crippen LogP) is 2.16. The Morgan fingerprint density at radius 1 is 1.30 bits per heavy atom. The third-order valence-electron chi connectivity index (χ3n) is 6.09. The van der Waals surface area contributed by atoms with Crippen molar-refractivity contribution >= 4 is 24.2 Å². The van der Waals surface area contributed by atoms with Crippen LogP contribution in [0.5, 0.6) is 5.75 Å². The molecule has 1 fully saturated rings. The number of carbonyl (C=O) groups is 2. The summed E-state index contributed by atoms with van der Waals surface area (Å²) in [6, 6.07) is 2.94. The minimum atomic E-state index is -0.993. The Morgan fingerprint density at radius 3 is 2.64 bits per heavy atom. The lowest BCUT2D eigenvalue weighted by Gasteiger charge is -2.53. The van der Waals surface area contributed by atoms with Crippen LogP contribution in [0.1, 0.15) is 46.2 Å². The van der Waals surface area contributed by atoms with Crippen molar-refractivity contribution in [1.29, 1.82) is 0 Å². The first-order valence-electron chi connectivity index (χ1n) is 10.2. The van der Waals surface area contributed by atoms with E-state index in [1.54, 1.807) is 7.05 Å². The molecule has 1 spiro atoms. The second kappa shape index (κ2) is 9.11. The number of rotatable bonds is 5. The minimum Gasteiger partial charge on any atom is -0.503 e. The Labute approximate surface area is 194 Å². The summed E-state index contributed by atoms with van der Waals surface area (Å²) in [5, 5.41) is 13.0. The number of aromatic nitrogens is 1. The van der Waals surface area contributed by atoms with E-state index in [0.717, 1.165) is 6.07 Å². The van der Waals surface area contributed by atoms with Crippen LogP contribution in [0.3, 0.4) is 0 Å². The van der Waals surface area contributed by atoms with E-state index >= 15 is 0 Å². The summed E-state index contributed by atoms with van der Waals surface area (Å²) in [6.07, 6.45) is 2.35. The second-order valence-corrected chi connectivity index (χ2v) is 8.23. The summed E-state index contributed by atoms with van der Waals surface area (Å²) in [7, 11) is 1.59. The number of hydrogen-bond acceptors (Lipinski definition) is 5. The maximum atomic E-state index is 13.9. The van der Waals surface area contributed by atoms with E-state index in [2.05, 4.69) is 5.32 Å². The number of amides is 2. The topological polar surface area (TPSA) is 101 Å². The number of aromatic hydroxyl groups is 1. The smallest absolute Gasteiger partial charge is 0.274 e. The molecular weight excluding hydrogens is 460 g/mol. The van der Waals surface area contributed by atoms with E-state index in [0.29, 0.717) is 32.1 Å². The van der Waals surface area contributed by atoms with Crippen LogP contribution >= 0.6 is 12.4 Å². The highest BCUT2D eigenvalue weighted by Gasteiger charge is 2.52. The highest BCUT2D eigenvalue weighted by Crippen LogP contribution is 2.45.